The quantitative estimate of drug-likeness (QED) is 0.724. The van der Waals surface area contributed by atoms with E-state index in [9.17, 15) is 0 Å². The number of pyridine rings is 1. The van der Waals surface area contributed by atoms with Gasteiger partial charge in [0.25, 0.3) is 0 Å². The van der Waals surface area contributed by atoms with E-state index >= 15 is 0 Å². The maximum atomic E-state index is 4.45. The Balaban J connectivity index is 1.73. The van der Waals surface area contributed by atoms with Crippen molar-refractivity contribution in [3.63, 3.8) is 0 Å². The molecule has 0 radical (unpaired) electrons. The summed E-state index contributed by atoms with van der Waals surface area (Å²) in [5.74, 6) is 0. The molecule has 3 aromatic rings. The highest BCUT2D eigenvalue weighted by Crippen LogP contribution is 2.30. The lowest BCUT2D eigenvalue weighted by Gasteiger charge is -2.14. The zero-order chi connectivity index (χ0) is 17.4. The standard InChI is InChI=1S/C22H27N3/c1-16-4-7-21-20(14-16)19-9-11-24(3)12-10-22(19)25(21)13-8-18-6-5-17(2)23-15-18/h4-7,14-15H,8-13H2,1-3H3. The lowest BCUT2D eigenvalue weighted by Crippen LogP contribution is -2.21. The first kappa shape index (κ1) is 16.3. The molecule has 3 heterocycles. The smallest absolute Gasteiger partial charge is 0.0485 e. The lowest BCUT2D eigenvalue weighted by molar-refractivity contribution is 0.351. The average Bonchev–Trinajstić information content (AvgIpc) is 2.75. The van der Waals surface area contributed by atoms with Crippen LogP contribution in [0.5, 0.6) is 0 Å². The number of rotatable bonds is 3. The number of aromatic nitrogens is 2. The Morgan fingerprint density at radius 2 is 1.88 bits per heavy atom. The number of nitrogens with zero attached hydrogens (tertiary/aromatic N) is 3. The van der Waals surface area contributed by atoms with Crippen LogP contribution >= 0.6 is 0 Å². The van der Waals surface area contributed by atoms with Crippen molar-refractivity contribution in [3.8, 4) is 0 Å². The van der Waals surface area contributed by atoms with Crippen LogP contribution in [0.25, 0.3) is 10.9 Å². The summed E-state index contributed by atoms with van der Waals surface area (Å²) in [6.07, 6.45) is 5.36. The molecule has 1 aromatic carbocycles. The molecule has 25 heavy (non-hydrogen) atoms. The van der Waals surface area contributed by atoms with Crippen LogP contribution in [0.2, 0.25) is 0 Å². The predicted molar refractivity (Wildman–Crippen MR) is 104 cm³/mol. The fourth-order valence-electron chi connectivity index (χ4n) is 4.01. The van der Waals surface area contributed by atoms with E-state index in [2.05, 4.69) is 58.8 Å². The number of likely N-dealkylation sites (N-methyl/N-ethyl adjacent to an activating group) is 1. The zero-order valence-corrected chi connectivity index (χ0v) is 15.5. The second kappa shape index (κ2) is 6.64. The molecule has 0 aliphatic carbocycles. The van der Waals surface area contributed by atoms with Gasteiger partial charge in [-0.1, -0.05) is 17.7 Å². The number of hydrogen-bond donors (Lipinski definition) is 0. The maximum Gasteiger partial charge on any atom is 0.0485 e. The third-order valence-corrected chi connectivity index (χ3v) is 5.51. The molecule has 2 aromatic heterocycles. The van der Waals surface area contributed by atoms with Crippen molar-refractivity contribution >= 4 is 10.9 Å². The van der Waals surface area contributed by atoms with Gasteiger partial charge in [0.15, 0.2) is 0 Å². The molecule has 0 fully saturated rings. The molecule has 3 nitrogen and oxygen atoms in total. The van der Waals surface area contributed by atoms with E-state index in [4.69, 9.17) is 0 Å². The van der Waals surface area contributed by atoms with Crippen molar-refractivity contribution in [3.05, 3.63) is 64.6 Å². The van der Waals surface area contributed by atoms with Crippen molar-refractivity contribution in [2.45, 2.75) is 39.7 Å². The van der Waals surface area contributed by atoms with Crippen molar-refractivity contribution in [1.82, 2.24) is 14.5 Å². The summed E-state index contributed by atoms with van der Waals surface area (Å²) in [4.78, 5) is 6.90. The first-order valence-electron chi connectivity index (χ1n) is 9.32. The van der Waals surface area contributed by atoms with Crippen molar-refractivity contribution < 1.29 is 0 Å². The highest BCUT2D eigenvalue weighted by molar-refractivity contribution is 5.86. The molecule has 0 unspecified atom stereocenters. The molecule has 0 spiro atoms. The van der Waals surface area contributed by atoms with Crippen LogP contribution in [0.1, 0.15) is 28.1 Å². The van der Waals surface area contributed by atoms with Crippen LogP contribution in [0.3, 0.4) is 0 Å². The van der Waals surface area contributed by atoms with Gasteiger partial charge in [0.2, 0.25) is 0 Å². The molecule has 0 saturated heterocycles. The summed E-state index contributed by atoms with van der Waals surface area (Å²) < 4.78 is 2.57. The van der Waals surface area contributed by atoms with Gasteiger partial charge in [0.05, 0.1) is 0 Å². The summed E-state index contributed by atoms with van der Waals surface area (Å²) in [7, 11) is 2.24. The normalized spacial score (nSPS) is 15.3. The Hall–Kier alpha value is -2.13. The minimum absolute atomic E-state index is 1.03. The number of aryl methyl sites for hydroxylation is 4. The monoisotopic (exact) mass is 333 g/mol. The van der Waals surface area contributed by atoms with E-state index in [1.807, 2.05) is 13.1 Å². The van der Waals surface area contributed by atoms with Crippen LogP contribution < -0.4 is 0 Å². The minimum atomic E-state index is 1.03. The first-order valence-corrected chi connectivity index (χ1v) is 9.32. The van der Waals surface area contributed by atoms with Crippen molar-refractivity contribution in [2.24, 2.45) is 0 Å². The number of fused-ring (bicyclic) bond motifs is 3. The van der Waals surface area contributed by atoms with Gasteiger partial charge < -0.3 is 9.47 Å². The van der Waals surface area contributed by atoms with Crippen LogP contribution in [0.15, 0.2) is 36.5 Å². The van der Waals surface area contributed by atoms with Gasteiger partial charge in [-0.15, -0.1) is 0 Å². The molecule has 0 amide bonds. The average molecular weight is 333 g/mol. The third-order valence-electron chi connectivity index (χ3n) is 5.51. The van der Waals surface area contributed by atoms with Gasteiger partial charge >= 0.3 is 0 Å². The van der Waals surface area contributed by atoms with E-state index < -0.39 is 0 Å². The molecule has 3 heteroatoms. The summed E-state index contributed by atoms with van der Waals surface area (Å²) in [5, 5.41) is 1.47. The Labute approximate surface area is 150 Å². The van der Waals surface area contributed by atoms with Gasteiger partial charge in [-0.25, -0.2) is 0 Å². The molecule has 0 saturated carbocycles. The minimum Gasteiger partial charge on any atom is -0.344 e. The second-order valence-electron chi connectivity index (χ2n) is 7.46. The van der Waals surface area contributed by atoms with Crippen molar-refractivity contribution in [1.29, 1.82) is 0 Å². The fraction of sp³-hybridized carbons (Fsp3) is 0.409. The number of hydrogen-bond acceptors (Lipinski definition) is 2. The van der Waals surface area contributed by atoms with E-state index in [-0.39, 0.29) is 0 Å². The lowest BCUT2D eigenvalue weighted by atomic mass is 10.1. The van der Waals surface area contributed by atoms with Crippen LogP contribution in [0.4, 0.5) is 0 Å². The van der Waals surface area contributed by atoms with E-state index in [1.54, 1.807) is 11.3 Å². The molecule has 4 rings (SSSR count). The van der Waals surface area contributed by atoms with Gasteiger partial charge in [-0.2, -0.15) is 0 Å². The summed E-state index contributed by atoms with van der Waals surface area (Å²) >= 11 is 0. The van der Waals surface area contributed by atoms with Crippen molar-refractivity contribution in [2.75, 3.05) is 20.1 Å². The molecule has 130 valence electrons. The third kappa shape index (κ3) is 3.21. The van der Waals surface area contributed by atoms with Gasteiger partial charge in [-0.05, 0) is 63.1 Å². The predicted octanol–water partition coefficient (Wildman–Crippen LogP) is 3.93. The van der Waals surface area contributed by atoms with Gasteiger partial charge in [-0.3, -0.25) is 4.98 Å². The molecule has 0 atom stereocenters. The SMILES string of the molecule is Cc1ccc2c(c1)c1c(n2CCc2ccc(C)nc2)CCN(C)CC1. The molecule has 0 N–H and O–H groups in total. The maximum absolute atomic E-state index is 4.45. The van der Waals surface area contributed by atoms with Gasteiger partial charge in [0, 0.05) is 54.5 Å². The zero-order valence-electron chi connectivity index (χ0n) is 15.5. The Morgan fingerprint density at radius 3 is 2.68 bits per heavy atom. The number of benzene rings is 1. The van der Waals surface area contributed by atoms with Gasteiger partial charge in [0.1, 0.15) is 0 Å². The van der Waals surface area contributed by atoms with Crippen LogP contribution in [-0.2, 0) is 25.8 Å². The Bertz CT molecular complexity index is 890. The first-order chi connectivity index (χ1) is 12.1. The van der Waals surface area contributed by atoms with E-state index in [1.165, 1.54) is 22.0 Å². The van der Waals surface area contributed by atoms with E-state index in [0.717, 1.165) is 44.6 Å². The summed E-state index contributed by atoms with van der Waals surface area (Å²) in [6.45, 7) is 7.57. The highest BCUT2D eigenvalue weighted by atomic mass is 15.1. The Morgan fingerprint density at radius 1 is 1.04 bits per heavy atom. The Kier molecular flexibility index (Phi) is 4.34. The van der Waals surface area contributed by atoms with Crippen LogP contribution in [0, 0.1) is 13.8 Å². The van der Waals surface area contributed by atoms with Crippen LogP contribution in [-0.4, -0.2) is 34.6 Å². The van der Waals surface area contributed by atoms with E-state index in [0.29, 0.717) is 0 Å². The highest BCUT2D eigenvalue weighted by Gasteiger charge is 2.20. The molecule has 0 bridgehead atoms. The summed E-state index contributed by atoms with van der Waals surface area (Å²) in [5.41, 5.74) is 8.28. The summed E-state index contributed by atoms with van der Waals surface area (Å²) in [6, 6.07) is 11.3. The molecule has 1 aliphatic rings. The molecular weight excluding hydrogens is 306 g/mol. The molecular formula is C22H27N3. The second-order valence-corrected chi connectivity index (χ2v) is 7.46. The largest absolute Gasteiger partial charge is 0.344 e. The molecule has 1 aliphatic heterocycles. The fourth-order valence-corrected chi connectivity index (χ4v) is 4.01. The topological polar surface area (TPSA) is 21.1 Å².